The van der Waals surface area contributed by atoms with Gasteiger partial charge in [-0.05, 0) is 43.2 Å². The van der Waals surface area contributed by atoms with Crippen molar-refractivity contribution in [1.29, 1.82) is 0 Å². The molecule has 1 aromatic carbocycles. The molecule has 0 unspecified atom stereocenters. The van der Waals surface area contributed by atoms with Gasteiger partial charge in [0.2, 0.25) is 11.8 Å². The SMILES string of the molecule is O=C(N[C@H](c1cn2nc(Cl)ccc2[n+]1C1CCC(F)(F)CC1)C1CCC(F)(F)CC1)OCc1ccccc1. The topological polar surface area (TPSA) is 59.5 Å². The lowest BCUT2D eigenvalue weighted by molar-refractivity contribution is -0.710. The van der Waals surface area contributed by atoms with Crippen LogP contribution in [0.3, 0.4) is 0 Å². The number of alkyl halides is 4. The van der Waals surface area contributed by atoms with E-state index in [-0.39, 0.29) is 75.1 Å². The molecular formula is C27H30ClF4N4O2+. The summed E-state index contributed by atoms with van der Waals surface area (Å²) in [6.45, 7) is 0.0503. The van der Waals surface area contributed by atoms with Crippen molar-refractivity contribution in [2.24, 2.45) is 5.92 Å². The molecule has 0 spiro atoms. The fourth-order valence-corrected chi connectivity index (χ4v) is 5.79. The number of benzene rings is 1. The van der Waals surface area contributed by atoms with Crippen molar-refractivity contribution in [2.45, 2.75) is 81.9 Å². The Morgan fingerprint density at radius 3 is 2.32 bits per heavy atom. The molecule has 204 valence electrons. The molecule has 5 rings (SSSR count). The van der Waals surface area contributed by atoms with E-state index >= 15 is 0 Å². The van der Waals surface area contributed by atoms with Crippen LogP contribution in [-0.2, 0) is 11.3 Å². The maximum Gasteiger partial charge on any atom is 0.408 e. The molecule has 0 bridgehead atoms. The Morgan fingerprint density at radius 1 is 1.03 bits per heavy atom. The third kappa shape index (κ3) is 6.06. The molecule has 1 atom stereocenters. The Balaban J connectivity index is 1.49. The smallest absolute Gasteiger partial charge is 0.408 e. The van der Waals surface area contributed by atoms with Crippen LogP contribution in [0.15, 0.2) is 48.7 Å². The van der Waals surface area contributed by atoms with E-state index in [0.717, 1.165) is 5.56 Å². The second-order valence-corrected chi connectivity index (χ2v) is 10.7. The second-order valence-electron chi connectivity index (χ2n) is 10.3. The van der Waals surface area contributed by atoms with Crippen molar-refractivity contribution in [3.8, 4) is 0 Å². The Hall–Kier alpha value is -2.88. The molecule has 38 heavy (non-hydrogen) atoms. The third-order valence-electron chi connectivity index (χ3n) is 7.68. The largest absolute Gasteiger partial charge is 0.445 e. The number of hydrogen-bond acceptors (Lipinski definition) is 3. The van der Waals surface area contributed by atoms with Crippen LogP contribution in [0.5, 0.6) is 0 Å². The summed E-state index contributed by atoms with van der Waals surface area (Å²) in [5.41, 5.74) is 2.05. The summed E-state index contributed by atoms with van der Waals surface area (Å²) in [7, 11) is 0. The number of alkyl carbamates (subject to hydrolysis) is 1. The number of halogens is 5. The predicted molar refractivity (Wildman–Crippen MR) is 132 cm³/mol. The van der Waals surface area contributed by atoms with Gasteiger partial charge in [0.1, 0.15) is 18.7 Å². The number of nitrogens with zero attached hydrogens (tertiary/aromatic N) is 3. The highest BCUT2D eigenvalue weighted by Crippen LogP contribution is 2.42. The van der Waals surface area contributed by atoms with Crippen molar-refractivity contribution in [3.05, 3.63) is 65.1 Å². The standard InChI is InChI=1S/C27H29ClF4N4O2/c28-22-6-7-23-35(34-22)16-21(36(23)20-10-14-27(31,32)15-11-20)24(19-8-12-26(29,30)13-9-19)33-25(37)38-17-18-4-2-1-3-5-18/h1-7,16,19-20,24H,8-15,17H2/p+1/t24-/m0/s1. The van der Waals surface area contributed by atoms with Gasteiger partial charge in [-0.25, -0.2) is 26.9 Å². The Morgan fingerprint density at radius 2 is 1.66 bits per heavy atom. The molecule has 1 amide bonds. The molecule has 2 heterocycles. The average molecular weight is 554 g/mol. The van der Waals surface area contributed by atoms with E-state index in [1.165, 1.54) is 0 Å². The first-order chi connectivity index (χ1) is 18.1. The number of fused-ring (bicyclic) bond motifs is 1. The zero-order valence-electron chi connectivity index (χ0n) is 20.8. The predicted octanol–water partition coefficient (Wildman–Crippen LogP) is 6.82. The van der Waals surface area contributed by atoms with Crippen molar-refractivity contribution >= 4 is 23.3 Å². The summed E-state index contributed by atoms with van der Waals surface area (Å²) in [4.78, 5) is 13.0. The molecule has 0 saturated heterocycles. The average Bonchev–Trinajstić information content (AvgIpc) is 3.25. The first-order valence-corrected chi connectivity index (χ1v) is 13.3. The van der Waals surface area contributed by atoms with Crippen molar-refractivity contribution in [3.63, 3.8) is 0 Å². The Kier molecular flexibility index (Phi) is 7.53. The number of nitrogens with one attached hydrogen (secondary N) is 1. The molecule has 2 saturated carbocycles. The van der Waals surface area contributed by atoms with E-state index in [1.807, 2.05) is 34.9 Å². The molecule has 3 aromatic rings. The van der Waals surface area contributed by atoms with Crippen LogP contribution in [0.2, 0.25) is 5.15 Å². The maximum atomic E-state index is 14.1. The van der Waals surface area contributed by atoms with E-state index < -0.39 is 24.0 Å². The summed E-state index contributed by atoms with van der Waals surface area (Å²) >= 11 is 6.13. The molecule has 1 N–H and O–H groups in total. The lowest BCUT2D eigenvalue weighted by atomic mass is 9.80. The van der Waals surface area contributed by atoms with E-state index in [0.29, 0.717) is 11.3 Å². The van der Waals surface area contributed by atoms with Gasteiger partial charge in [0.25, 0.3) is 0 Å². The van der Waals surface area contributed by atoms with Crippen LogP contribution in [0.4, 0.5) is 22.4 Å². The van der Waals surface area contributed by atoms with Gasteiger partial charge in [-0.1, -0.05) is 51.5 Å². The number of aromatic nitrogens is 3. The first-order valence-electron chi connectivity index (χ1n) is 12.9. The van der Waals surface area contributed by atoms with E-state index in [2.05, 4.69) is 10.4 Å². The van der Waals surface area contributed by atoms with Crippen molar-refractivity contribution in [1.82, 2.24) is 14.9 Å². The highest BCUT2D eigenvalue weighted by atomic mass is 35.5. The normalized spacial score (nSPS) is 20.8. The molecule has 2 aromatic heterocycles. The van der Waals surface area contributed by atoms with Gasteiger partial charge in [0.15, 0.2) is 17.0 Å². The summed E-state index contributed by atoms with van der Waals surface area (Å²) in [5.74, 6) is -5.77. The van der Waals surface area contributed by atoms with E-state index in [1.54, 1.807) is 22.8 Å². The fourth-order valence-electron chi connectivity index (χ4n) is 5.64. The zero-order chi connectivity index (χ0) is 26.9. The molecule has 2 aliphatic carbocycles. The van der Waals surface area contributed by atoms with Crippen LogP contribution >= 0.6 is 11.6 Å². The Labute approximate surface area is 222 Å². The number of hydrogen-bond donors (Lipinski definition) is 1. The minimum atomic E-state index is -2.75. The van der Waals surface area contributed by atoms with Gasteiger partial charge < -0.3 is 10.1 Å². The third-order valence-corrected chi connectivity index (χ3v) is 7.88. The number of rotatable bonds is 6. The van der Waals surface area contributed by atoms with Gasteiger partial charge in [-0.15, -0.1) is 0 Å². The van der Waals surface area contributed by atoms with Gasteiger partial charge in [-0.3, -0.25) is 0 Å². The highest BCUT2D eigenvalue weighted by molar-refractivity contribution is 6.29. The second kappa shape index (κ2) is 10.7. The lowest BCUT2D eigenvalue weighted by Gasteiger charge is -2.34. The van der Waals surface area contributed by atoms with Gasteiger partial charge in [0, 0.05) is 31.7 Å². The van der Waals surface area contributed by atoms with Crippen LogP contribution < -0.4 is 9.88 Å². The summed E-state index contributed by atoms with van der Waals surface area (Å²) in [5, 5.41) is 7.50. The monoisotopic (exact) mass is 553 g/mol. The Bertz CT molecular complexity index is 1270. The van der Waals surface area contributed by atoms with E-state index in [9.17, 15) is 22.4 Å². The maximum absolute atomic E-state index is 14.1. The molecular weight excluding hydrogens is 524 g/mol. The van der Waals surface area contributed by atoms with Crippen molar-refractivity contribution in [2.75, 3.05) is 0 Å². The summed E-state index contributed by atoms with van der Waals surface area (Å²) < 4.78 is 65.1. The summed E-state index contributed by atoms with van der Waals surface area (Å²) in [6, 6.07) is 11.6. The first kappa shape index (κ1) is 26.7. The minimum Gasteiger partial charge on any atom is -0.445 e. The van der Waals surface area contributed by atoms with Crippen LogP contribution in [0, 0.1) is 5.92 Å². The minimum absolute atomic E-state index is 0.0503. The number of carbonyl (C=O) groups is 1. The lowest BCUT2D eigenvalue weighted by Crippen LogP contribution is -2.50. The number of amides is 1. The number of imidazole rings is 1. The van der Waals surface area contributed by atoms with Crippen LogP contribution in [-0.4, -0.2) is 27.6 Å². The quantitative estimate of drug-likeness (QED) is 0.269. The van der Waals surface area contributed by atoms with Gasteiger partial charge >= 0.3 is 11.7 Å². The molecule has 2 fully saturated rings. The van der Waals surface area contributed by atoms with Gasteiger partial charge in [-0.2, -0.15) is 0 Å². The van der Waals surface area contributed by atoms with Crippen molar-refractivity contribution < 1.29 is 31.7 Å². The van der Waals surface area contributed by atoms with Crippen LogP contribution in [0.1, 0.15) is 74.7 Å². The fraction of sp³-hybridized carbons (Fsp3) is 0.519. The van der Waals surface area contributed by atoms with Gasteiger partial charge in [0.05, 0.1) is 0 Å². The zero-order valence-corrected chi connectivity index (χ0v) is 21.5. The van der Waals surface area contributed by atoms with E-state index in [4.69, 9.17) is 16.3 Å². The molecule has 11 heteroatoms. The molecule has 0 radical (unpaired) electrons. The molecule has 2 aliphatic rings. The number of ether oxygens (including phenoxy) is 1. The van der Waals surface area contributed by atoms with Crippen LogP contribution in [0.25, 0.3) is 5.65 Å². The molecule has 0 aliphatic heterocycles. The highest BCUT2D eigenvalue weighted by Gasteiger charge is 2.44. The number of carbonyl (C=O) groups excluding carboxylic acids is 1. The summed E-state index contributed by atoms with van der Waals surface area (Å²) in [6.07, 6.45) is 0.804. The molecule has 6 nitrogen and oxygen atoms in total.